The van der Waals surface area contributed by atoms with Crippen LogP contribution in [0.2, 0.25) is 5.02 Å². The molecular formula is C12H16ClN3O. The molecule has 1 aliphatic rings. The molecule has 1 unspecified atom stereocenters. The Balaban J connectivity index is 2.35. The molecule has 4 nitrogen and oxygen atoms in total. The fraction of sp³-hybridized carbons (Fsp3) is 0.417. The largest absolute Gasteiger partial charge is 0.358 e. The van der Waals surface area contributed by atoms with Crippen LogP contribution in [0.4, 0.5) is 5.69 Å². The number of amides is 1. The monoisotopic (exact) mass is 253 g/mol. The van der Waals surface area contributed by atoms with Crippen molar-refractivity contribution in [3.63, 3.8) is 0 Å². The van der Waals surface area contributed by atoms with Crippen LogP contribution in [0.5, 0.6) is 0 Å². The summed E-state index contributed by atoms with van der Waals surface area (Å²) in [5.74, 6) is 0.0502. The molecule has 1 aromatic carbocycles. The van der Waals surface area contributed by atoms with E-state index in [1.54, 1.807) is 0 Å². The van der Waals surface area contributed by atoms with Gasteiger partial charge >= 0.3 is 0 Å². The Bertz CT molecular complexity index is 436. The van der Waals surface area contributed by atoms with E-state index in [0.29, 0.717) is 18.1 Å². The Morgan fingerprint density at radius 3 is 3.06 bits per heavy atom. The zero-order valence-corrected chi connectivity index (χ0v) is 10.5. The van der Waals surface area contributed by atoms with Crippen LogP contribution in [0.1, 0.15) is 12.5 Å². The Morgan fingerprint density at radius 2 is 2.35 bits per heavy atom. The molecule has 1 aliphatic heterocycles. The molecule has 1 saturated heterocycles. The first-order chi connectivity index (χ1) is 8.13. The minimum absolute atomic E-state index is 0.0502. The Labute approximate surface area is 106 Å². The summed E-state index contributed by atoms with van der Waals surface area (Å²) in [6.07, 6.45) is 0. The van der Waals surface area contributed by atoms with E-state index in [-0.39, 0.29) is 11.9 Å². The molecule has 0 aliphatic carbocycles. The molecule has 92 valence electrons. The van der Waals surface area contributed by atoms with Crippen molar-refractivity contribution in [2.45, 2.75) is 19.5 Å². The third kappa shape index (κ3) is 2.37. The second kappa shape index (κ2) is 4.94. The summed E-state index contributed by atoms with van der Waals surface area (Å²) in [5.41, 5.74) is 7.69. The number of hydrogen-bond acceptors (Lipinski definition) is 3. The molecule has 2 rings (SSSR count). The molecule has 0 radical (unpaired) electrons. The van der Waals surface area contributed by atoms with Crippen LogP contribution in [0, 0.1) is 0 Å². The van der Waals surface area contributed by atoms with Gasteiger partial charge in [-0.05, 0) is 30.7 Å². The predicted molar refractivity (Wildman–Crippen MR) is 69.2 cm³/mol. The number of nitrogens with two attached hydrogens (primary N) is 1. The topological polar surface area (TPSA) is 58.4 Å². The number of piperazine rings is 1. The van der Waals surface area contributed by atoms with Crippen molar-refractivity contribution in [3.05, 3.63) is 28.8 Å². The van der Waals surface area contributed by atoms with E-state index in [9.17, 15) is 4.79 Å². The Hall–Kier alpha value is -1.26. The molecule has 1 aromatic rings. The lowest BCUT2D eigenvalue weighted by Gasteiger charge is -2.35. The quantitative estimate of drug-likeness (QED) is 0.831. The summed E-state index contributed by atoms with van der Waals surface area (Å²) in [6, 6.07) is 5.45. The van der Waals surface area contributed by atoms with Crippen LogP contribution >= 0.6 is 11.6 Å². The standard InChI is InChI=1S/C12H16ClN3O/c1-8-12(17)15-4-5-16(8)11-3-2-10(13)6-9(11)7-14/h2-3,6,8H,4-5,7,14H2,1H3,(H,15,17). The molecule has 3 N–H and O–H groups in total. The van der Waals surface area contributed by atoms with Crippen molar-refractivity contribution >= 4 is 23.2 Å². The van der Waals surface area contributed by atoms with Gasteiger partial charge in [-0.2, -0.15) is 0 Å². The number of rotatable bonds is 2. The minimum atomic E-state index is -0.171. The van der Waals surface area contributed by atoms with Crippen molar-refractivity contribution < 1.29 is 4.79 Å². The van der Waals surface area contributed by atoms with Gasteiger partial charge in [0.2, 0.25) is 5.91 Å². The molecule has 1 atom stereocenters. The summed E-state index contributed by atoms with van der Waals surface area (Å²) >= 11 is 5.95. The molecular weight excluding hydrogens is 238 g/mol. The van der Waals surface area contributed by atoms with Gasteiger partial charge in [0.25, 0.3) is 0 Å². The molecule has 0 spiro atoms. The van der Waals surface area contributed by atoms with E-state index in [1.807, 2.05) is 25.1 Å². The summed E-state index contributed by atoms with van der Waals surface area (Å²) in [5, 5.41) is 3.51. The molecule has 17 heavy (non-hydrogen) atoms. The van der Waals surface area contributed by atoms with Crippen molar-refractivity contribution in [1.82, 2.24) is 5.32 Å². The average Bonchev–Trinajstić information content (AvgIpc) is 2.33. The van der Waals surface area contributed by atoms with E-state index in [0.717, 1.165) is 17.8 Å². The number of nitrogens with one attached hydrogen (secondary N) is 1. The number of benzene rings is 1. The third-order valence-electron chi connectivity index (χ3n) is 3.07. The molecule has 0 bridgehead atoms. The molecule has 5 heteroatoms. The zero-order valence-electron chi connectivity index (χ0n) is 9.74. The van der Waals surface area contributed by atoms with Gasteiger partial charge in [-0.15, -0.1) is 0 Å². The smallest absolute Gasteiger partial charge is 0.242 e. The van der Waals surface area contributed by atoms with Crippen molar-refractivity contribution in [2.24, 2.45) is 5.73 Å². The van der Waals surface area contributed by atoms with Crippen molar-refractivity contribution in [1.29, 1.82) is 0 Å². The number of carbonyl (C=O) groups excluding carboxylic acids is 1. The number of halogens is 1. The second-order valence-corrected chi connectivity index (χ2v) is 4.57. The van der Waals surface area contributed by atoms with Crippen LogP contribution < -0.4 is 16.0 Å². The first-order valence-corrected chi connectivity index (χ1v) is 6.04. The van der Waals surface area contributed by atoms with Gasteiger partial charge in [0.05, 0.1) is 0 Å². The van der Waals surface area contributed by atoms with Gasteiger partial charge in [-0.25, -0.2) is 0 Å². The first kappa shape index (κ1) is 12.2. The third-order valence-corrected chi connectivity index (χ3v) is 3.30. The lowest BCUT2D eigenvalue weighted by atomic mass is 10.1. The molecule has 1 heterocycles. The Kier molecular flexibility index (Phi) is 3.54. The Morgan fingerprint density at radius 1 is 1.59 bits per heavy atom. The highest BCUT2D eigenvalue weighted by molar-refractivity contribution is 6.30. The zero-order chi connectivity index (χ0) is 12.4. The van der Waals surface area contributed by atoms with Crippen LogP contribution in [0.25, 0.3) is 0 Å². The summed E-state index contributed by atoms with van der Waals surface area (Å²) in [6.45, 7) is 3.77. The van der Waals surface area contributed by atoms with Crippen molar-refractivity contribution in [2.75, 3.05) is 18.0 Å². The lowest BCUT2D eigenvalue weighted by molar-refractivity contribution is -0.122. The van der Waals surface area contributed by atoms with E-state index in [1.165, 1.54) is 0 Å². The summed E-state index contributed by atoms with van der Waals surface area (Å²) in [4.78, 5) is 13.7. The number of hydrogen-bond donors (Lipinski definition) is 2. The highest BCUT2D eigenvalue weighted by atomic mass is 35.5. The number of anilines is 1. The van der Waals surface area contributed by atoms with E-state index >= 15 is 0 Å². The van der Waals surface area contributed by atoms with E-state index in [2.05, 4.69) is 10.2 Å². The van der Waals surface area contributed by atoms with Crippen LogP contribution in [-0.2, 0) is 11.3 Å². The normalized spacial score (nSPS) is 20.3. The van der Waals surface area contributed by atoms with E-state index < -0.39 is 0 Å². The van der Waals surface area contributed by atoms with Crippen LogP contribution in [0.3, 0.4) is 0 Å². The molecule has 0 aromatic heterocycles. The number of carbonyl (C=O) groups is 1. The average molecular weight is 254 g/mol. The lowest BCUT2D eigenvalue weighted by Crippen LogP contribution is -2.54. The van der Waals surface area contributed by atoms with Gasteiger partial charge in [-0.1, -0.05) is 11.6 Å². The summed E-state index contributed by atoms with van der Waals surface area (Å²) < 4.78 is 0. The van der Waals surface area contributed by atoms with Crippen molar-refractivity contribution in [3.8, 4) is 0 Å². The maximum Gasteiger partial charge on any atom is 0.242 e. The van der Waals surface area contributed by atoms with Crippen LogP contribution in [-0.4, -0.2) is 25.0 Å². The fourth-order valence-electron chi connectivity index (χ4n) is 2.11. The van der Waals surface area contributed by atoms with Gasteiger partial charge < -0.3 is 16.0 Å². The molecule has 1 fully saturated rings. The number of nitrogens with zero attached hydrogens (tertiary/aromatic N) is 1. The molecule has 0 saturated carbocycles. The maximum atomic E-state index is 11.6. The summed E-state index contributed by atoms with van der Waals surface area (Å²) in [7, 11) is 0. The molecule has 1 amide bonds. The van der Waals surface area contributed by atoms with E-state index in [4.69, 9.17) is 17.3 Å². The minimum Gasteiger partial charge on any atom is -0.358 e. The fourth-order valence-corrected chi connectivity index (χ4v) is 2.30. The highest BCUT2D eigenvalue weighted by Crippen LogP contribution is 2.26. The van der Waals surface area contributed by atoms with Gasteiger partial charge in [0, 0.05) is 30.3 Å². The predicted octanol–water partition coefficient (Wildman–Crippen LogP) is 1.12. The first-order valence-electron chi connectivity index (χ1n) is 5.66. The SMILES string of the molecule is CC1C(=O)NCCN1c1ccc(Cl)cc1CN. The highest BCUT2D eigenvalue weighted by Gasteiger charge is 2.26. The second-order valence-electron chi connectivity index (χ2n) is 4.14. The van der Waals surface area contributed by atoms with Gasteiger partial charge in [0.15, 0.2) is 0 Å². The van der Waals surface area contributed by atoms with Crippen LogP contribution in [0.15, 0.2) is 18.2 Å². The maximum absolute atomic E-state index is 11.6. The van der Waals surface area contributed by atoms with Gasteiger partial charge in [-0.3, -0.25) is 4.79 Å². The van der Waals surface area contributed by atoms with Gasteiger partial charge in [0.1, 0.15) is 6.04 Å².